The number of nitrogens with two attached hydrogens (primary N) is 1. The highest BCUT2D eigenvalue weighted by Crippen LogP contribution is 2.37. The molecule has 0 saturated carbocycles. The molecule has 1 aromatic heterocycles. The number of hydrogen-bond acceptors (Lipinski definition) is 3. The Kier molecular flexibility index (Phi) is 5.69. The van der Waals surface area contributed by atoms with E-state index in [1.54, 1.807) is 0 Å². The van der Waals surface area contributed by atoms with Gasteiger partial charge < -0.3 is 5.73 Å². The van der Waals surface area contributed by atoms with Gasteiger partial charge in [-0.2, -0.15) is 0 Å². The van der Waals surface area contributed by atoms with Crippen molar-refractivity contribution >= 4 is 27.3 Å². The van der Waals surface area contributed by atoms with Crippen molar-refractivity contribution < 1.29 is 0 Å². The summed E-state index contributed by atoms with van der Waals surface area (Å²) in [7, 11) is 0. The molecule has 2 unspecified atom stereocenters. The van der Waals surface area contributed by atoms with Gasteiger partial charge in [0.1, 0.15) is 0 Å². The van der Waals surface area contributed by atoms with E-state index < -0.39 is 0 Å². The third-order valence-corrected chi connectivity index (χ3v) is 6.36. The lowest BCUT2D eigenvalue weighted by atomic mass is 9.77. The van der Waals surface area contributed by atoms with E-state index in [1.165, 1.54) is 41.7 Å². The van der Waals surface area contributed by atoms with E-state index >= 15 is 0 Å². The van der Waals surface area contributed by atoms with E-state index in [0.29, 0.717) is 18.0 Å². The van der Waals surface area contributed by atoms with Crippen molar-refractivity contribution in [2.75, 3.05) is 19.6 Å². The third-order valence-electron chi connectivity index (χ3n) is 4.57. The highest BCUT2D eigenvalue weighted by molar-refractivity contribution is 9.10. The van der Waals surface area contributed by atoms with Crippen LogP contribution in [0.3, 0.4) is 0 Å². The van der Waals surface area contributed by atoms with Crippen LogP contribution in [-0.4, -0.2) is 24.5 Å². The maximum Gasteiger partial charge on any atom is 0.0564 e. The molecule has 1 saturated heterocycles. The zero-order valence-electron chi connectivity index (χ0n) is 12.9. The Hall–Kier alpha value is 0.1000. The van der Waals surface area contributed by atoms with E-state index in [4.69, 9.17) is 5.73 Å². The fourth-order valence-electron chi connectivity index (χ4n) is 3.24. The van der Waals surface area contributed by atoms with E-state index in [9.17, 15) is 0 Å². The monoisotopic (exact) mass is 358 g/mol. The molecule has 2 heterocycles. The summed E-state index contributed by atoms with van der Waals surface area (Å²) in [6, 6.07) is 2.62. The molecule has 1 fully saturated rings. The van der Waals surface area contributed by atoms with Crippen molar-refractivity contribution in [1.29, 1.82) is 0 Å². The molecule has 1 aromatic rings. The molecule has 1 aliphatic rings. The SMILES string of the molecule is CC(C)(C)C1CCCN(C(CN)c2cc(Br)cs2)CC1. The smallest absolute Gasteiger partial charge is 0.0564 e. The summed E-state index contributed by atoms with van der Waals surface area (Å²) in [5, 5.41) is 2.16. The van der Waals surface area contributed by atoms with Crippen LogP contribution in [0, 0.1) is 11.3 Å². The van der Waals surface area contributed by atoms with Gasteiger partial charge >= 0.3 is 0 Å². The van der Waals surface area contributed by atoms with Gasteiger partial charge in [0, 0.05) is 21.3 Å². The lowest BCUT2D eigenvalue weighted by molar-refractivity contribution is 0.186. The van der Waals surface area contributed by atoms with Gasteiger partial charge in [0.25, 0.3) is 0 Å². The minimum atomic E-state index is 0.394. The van der Waals surface area contributed by atoms with Crippen LogP contribution in [0.25, 0.3) is 0 Å². The molecule has 0 radical (unpaired) electrons. The van der Waals surface area contributed by atoms with Gasteiger partial charge in [-0.05, 0) is 65.7 Å². The number of thiophene rings is 1. The second-order valence-electron chi connectivity index (χ2n) is 6.95. The van der Waals surface area contributed by atoms with E-state index in [0.717, 1.165) is 5.92 Å². The van der Waals surface area contributed by atoms with Crippen LogP contribution in [0.2, 0.25) is 0 Å². The van der Waals surface area contributed by atoms with Gasteiger partial charge in [-0.1, -0.05) is 20.8 Å². The van der Waals surface area contributed by atoms with Gasteiger partial charge in [0.05, 0.1) is 6.04 Å². The van der Waals surface area contributed by atoms with Crippen molar-refractivity contribution in [2.24, 2.45) is 17.1 Å². The largest absolute Gasteiger partial charge is 0.329 e. The molecular formula is C16H27BrN2S. The molecule has 2 N–H and O–H groups in total. The van der Waals surface area contributed by atoms with E-state index in [2.05, 4.69) is 53.0 Å². The first kappa shape index (κ1) is 16.5. The zero-order valence-corrected chi connectivity index (χ0v) is 15.3. The summed E-state index contributed by atoms with van der Waals surface area (Å²) in [5.74, 6) is 0.834. The van der Waals surface area contributed by atoms with Gasteiger partial charge in [0.15, 0.2) is 0 Å². The molecule has 114 valence electrons. The number of halogens is 1. The molecule has 2 rings (SSSR count). The van der Waals surface area contributed by atoms with Crippen molar-refractivity contribution in [3.05, 3.63) is 20.8 Å². The molecule has 0 aliphatic carbocycles. The molecule has 20 heavy (non-hydrogen) atoms. The third kappa shape index (κ3) is 4.06. The fraction of sp³-hybridized carbons (Fsp3) is 0.750. The second kappa shape index (κ2) is 6.91. The Morgan fingerprint density at radius 1 is 1.40 bits per heavy atom. The van der Waals surface area contributed by atoms with Crippen LogP contribution < -0.4 is 5.73 Å². The topological polar surface area (TPSA) is 29.3 Å². The van der Waals surface area contributed by atoms with Crippen LogP contribution in [0.4, 0.5) is 0 Å². The highest BCUT2D eigenvalue weighted by Gasteiger charge is 2.29. The summed E-state index contributed by atoms with van der Waals surface area (Å²) in [6.45, 7) is 10.2. The maximum atomic E-state index is 6.07. The van der Waals surface area contributed by atoms with Crippen LogP contribution >= 0.6 is 27.3 Å². The van der Waals surface area contributed by atoms with Gasteiger partial charge in [-0.3, -0.25) is 4.90 Å². The molecule has 0 aromatic carbocycles. The minimum Gasteiger partial charge on any atom is -0.329 e. The molecule has 0 amide bonds. The Morgan fingerprint density at radius 2 is 2.15 bits per heavy atom. The minimum absolute atomic E-state index is 0.394. The summed E-state index contributed by atoms with van der Waals surface area (Å²) < 4.78 is 1.18. The average Bonchev–Trinajstić information content (AvgIpc) is 2.64. The first-order chi connectivity index (χ1) is 9.41. The van der Waals surface area contributed by atoms with Crippen molar-refractivity contribution in [2.45, 2.75) is 46.1 Å². The van der Waals surface area contributed by atoms with Crippen molar-refractivity contribution in [3.63, 3.8) is 0 Å². The maximum absolute atomic E-state index is 6.07. The van der Waals surface area contributed by atoms with Crippen molar-refractivity contribution in [3.8, 4) is 0 Å². The molecule has 1 aliphatic heterocycles. The van der Waals surface area contributed by atoms with Gasteiger partial charge in [0.2, 0.25) is 0 Å². The van der Waals surface area contributed by atoms with Crippen LogP contribution in [0.5, 0.6) is 0 Å². The Labute approximate surface area is 135 Å². The molecule has 4 heteroatoms. The summed E-state index contributed by atoms with van der Waals surface area (Å²) in [4.78, 5) is 4.00. The summed E-state index contributed by atoms with van der Waals surface area (Å²) in [6.07, 6.45) is 3.95. The predicted molar refractivity (Wildman–Crippen MR) is 92.2 cm³/mol. The summed E-state index contributed by atoms with van der Waals surface area (Å²) >= 11 is 5.38. The average molecular weight is 359 g/mol. The van der Waals surface area contributed by atoms with Crippen LogP contribution in [-0.2, 0) is 0 Å². The Balaban J connectivity index is 2.05. The number of hydrogen-bond donors (Lipinski definition) is 1. The standard InChI is InChI=1S/C16H27BrN2S/c1-16(2,3)12-5-4-7-19(8-6-12)14(10-18)15-9-13(17)11-20-15/h9,11-12,14H,4-8,10,18H2,1-3H3. The van der Waals surface area contributed by atoms with Gasteiger partial charge in [-0.25, -0.2) is 0 Å². The fourth-order valence-corrected chi connectivity index (χ4v) is 4.84. The first-order valence-corrected chi connectivity index (χ1v) is 9.27. The van der Waals surface area contributed by atoms with E-state index in [-0.39, 0.29) is 0 Å². The van der Waals surface area contributed by atoms with E-state index in [1.807, 2.05) is 11.3 Å². The lowest BCUT2D eigenvalue weighted by Crippen LogP contribution is -2.34. The van der Waals surface area contributed by atoms with Crippen LogP contribution in [0.1, 0.15) is 51.0 Å². The quantitative estimate of drug-likeness (QED) is 0.851. The van der Waals surface area contributed by atoms with Crippen molar-refractivity contribution in [1.82, 2.24) is 4.90 Å². The van der Waals surface area contributed by atoms with Gasteiger partial charge in [-0.15, -0.1) is 11.3 Å². The number of nitrogens with zero attached hydrogens (tertiary/aromatic N) is 1. The van der Waals surface area contributed by atoms with Crippen LogP contribution in [0.15, 0.2) is 15.9 Å². The Morgan fingerprint density at radius 3 is 2.70 bits per heavy atom. The number of likely N-dealkylation sites (tertiary alicyclic amines) is 1. The lowest BCUT2D eigenvalue weighted by Gasteiger charge is -2.31. The predicted octanol–water partition coefficient (Wildman–Crippen LogP) is 4.66. The normalized spacial score (nSPS) is 23.6. The summed E-state index contributed by atoms with van der Waals surface area (Å²) in [5.41, 5.74) is 6.50. The Bertz CT molecular complexity index is 424. The molecule has 0 spiro atoms. The molecule has 2 nitrogen and oxygen atoms in total. The zero-order chi connectivity index (χ0) is 14.8. The molecular weight excluding hydrogens is 332 g/mol. The first-order valence-electron chi connectivity index (χ1n) is 7.60. The number of rotatable bonds is 3. The molecule has 2 atom stereocenters. The molecule has 0 bridgehead atoms. The highest BCUT2D eigenvalue weighted by atomic mass is 79.9. The second-order valence-corrected chi connectivity index (χ2v) is 8.81.